The number of Topliss-reactive ketones (excluding diaryl/α,β-unsaturated/α-hetero) is 1. The molecule has 8 heteroatoms. The second kappa shape index (κ2) is 9.42. The van der Waals surface area contributed by atoms with E-state index >= 15 is 0 Å². The van der Waals surface area contributed by atoms with E-state index in [1.165, 1.54) is 35.2 Å². The van der Waals surface area contributed by atoms with E-state index < -0.39 is 29.3 Å². The van der Waals surface area contributed by atoms with Crippen LogP contribution in [0.4, 0.5) is 4.39 Å². The number of aromatic nitrogens is 1. The number of rotatable bonds is 6. The fraction of sp³-hybridized carbons (Fsp3) is 0.160. The summed E-state index contributed by atoms with van der Waals surface area (Å²) in [5, 5.41) is 11.4. The van der Waals surface area contributed by atoms with E-state index in [-0.39, 0.29) is 22.7 Å². The van der Waals surface area contributed by atoms with E-state index in [9.17, 15) is 19.1 Å². The monoisotopic (exact) mass is 466 g/mol. The Hall–Kier alpha value is -3.71. The van der Waals surface area contributed by atoms with Gasteiger partial charge in [-0.05, 0) is 55.0 Å². The Balaban J connectivity index is 1.88. The molecular weight excluding hydrogens is 447 g/mol. The van der Waals surface area contributed by atoms with Gasteiger partial charge in [-0.25, -0.2) is 4.39 Å². The number of amides is 1. The van der Waals surface area contributed by atoms with Crippen LogP contribution in [0.2, 0.25) is 5.02 Å². The van der Waals surface area contributed by atoms with Gasteiger partial charge in [0.1, 0.15) is 17.3 Å². The fourth-order valence-electron chi connectivity index (χ4n) is 3.79. The van der Waals surface area contributed by atoms with Crippen molar-refractivity contribution in [2.45, 2.75) is 19.5 Å². The van der Waals surface area contributed by atoms with Crippen molar-refractivity contribution in [3.8, 4) is 5.75 Å². The molecule has 1 aliphatic heterocycles. The molecule has 1 saturated heterocycles. The van der Waals surface area contributed by atoms with Gasteiger partial charge in [0.2, 0.25) is 0 Å². The number of hydrogen-bond donors (Lipinski definition) is 1. The third-order valence-electron chi connectivity index (χ3n) is 5.29. The number of aliphatic hydroxyl groups is 1. The van der Waals surface area contributed by atoms with Gasteiger partial charge in [0.25, 0.3) is 11.7 Å². The normalized spacial score (nSPS) is 17.4. The Labute approximate surface area is 194 Å². The average molecular weight is 467 g/mol. The molecule has 1 N–H and O–H groups in total. The summed E-state index contributed by atoms with van der Waals surface area (Å²) in [6, 6.07) is 14.4. The molecule has 0 radical (unpaired) electrons. The first-order valence-electron chi connectivity index (χ1n) is 10.3. The lowest BCUT2D eigenvalue weighted by Gasteiger charge is -2.25. The maximum Gasteiger partial charge on any atom is 0.296 e. The van der Waals surface area contributed by atoms with Gasteiger partial charge in [-0.3, -0.25) is 14.6 Å². The number of carbonyl (C=O) groups excluding carboxylic acids is 2. The van der Waals surface area contributed by atoms with Gasteiger partial charge in [0.15, 0.2) is 0 Å². The first kappa shape index (κ1) is 22.5. The zero-order valence-electron chi connectivity index (χ0n) is 17.7. The van der Waals surface area contributed by atoms with E-state index in [0.717, 1.165) is 0 Å². The summed E-state index contributed by atoms with van der Waals surface area (Å²) >= 11 is 6.32. The standard InChI is InChI=1S/C25H20ClFN2O4/c1-2-33-18-10-11-20(26)19(13-18)23(30)21-22(15-6-8-16(27)9-7-15)29(25(32)24(21)31)14-17-5-3-4-12-28-17/h3-13,22,30H,2,14H2,1H3/b23-21+. The van der Waals surface area contributed by atoms with Crippen molar-refractivity contribution in [1.82, 2.24) is 9.88 Å². The zero-order chi connectivity index (χ0) is 23.5. The van der Waals surface area contributed by atoms with Crippen molar-refractivity contribution in [2.24, 2.45) is 0 Å². The Bertz CT molecular complexity index is 1230. The number of nitrogens with zero attached hydrogens (tertiary/aromatic N) is 2. The second-order valence-corrected chi connectivity index (χ2v) is 7.78. The van der Waals surface area contributed by atoms with Crippen LogP contribution in [0.25, 0.3) is 5.76 Å². The average Bonchev–Trinajstić information content (AvgIpc) is 3.06. The summed E-state index contributed by atoms with van der Waals surface area (Å²) in [6.07, 6.45) is 1.58. The largest absolute Gasteiger partial charge is 0.507 e. The molecule has 1 unspecified atom stereocenters. The summed E-state index contributed by atoms with van der Waals surface area (Å²) in [4.78, 5) is 31.7. The van der Waals surface area contributed by atoms with Crippen molar-refractivity contribution in [1.29, 1.82) is 0 Å². The van der Waals surface area contributed by atoms with Gasteiger partial charge in [0, 0.05) is 11.8 Å². The first-order chi connectivity index (χ1) is 15.9. The summed E-state index contributed by atoms with van der Waals surface area (Å²) in [5.74, 6) is -2.11. The van der Waals surface area contributed by atoms with Crippen LogP contribution in [0.15, 0.2) is 72.4 Å². The van der Waals surface area contributed by atoms with Gasteiger partial charge >= 0.3 is 0 Å². The predicted molar refractivity (Wildman–Crippen MR) is 121 cm³/mol. The number of halogens is 2. The number of benzene rings is 2. The molecule has 3 aromatic rings. The van der Waals surface area contributed by atoms with Crippen molar-refractivity contribution in [3.05, 3.63) is 100 Å². The van der Waals surface area contributed by atoms with Gasteiger partial charge in [-0.1, -0.05) is 29.8 Å². The summed E-state index contributed by atoms with van der Waals surface area (Å²) in [5.41, 5.74) is 1.04. The molecule has 1 aliphatic rings. The van der Waals surface area contributed by atoms with Crippen LogP contribution in [0.5, 0.6) is 5.75 Å². The molecule has 1 atom stereocenters. The van der Waals surface area contributed by atoms with E-state index in [0.29, 0.717) is 23.6 Å². The molecule has 1 amide bonds. The maximum absolute atomic E-state index is 13.6. The number of ether oxygens (including phenoxy) is 1. The molecule has 4 rings (SSSR count). The molecule has 2 aromatic carbocycles. The molecule has 1 aromatic heterocycles. The molecule has 2 heterocycles. The number of likely N-dealkylation sites (tertiary alicyclic amines) is 1. The summed E-state index contributed by atoms with van der Waals surface area (Å²) < 4.78 is 19.1. The zero-order valence-corrected chi connectivity index (χ0v) is 18.4. The van der Waals surface area contributed by atoms with Gasteiger partial charge in [-0.2, -0.15) is 0 Å². The van der Waals surface area contributed by atoms with Crippen molar-refractivity contribution in [3.63, 3.8) is 0 Å². The second-order valence-electron chi connectivity index (χ2n) is 7.37. The Morgan fingerprint density at radius 1 is 1.15 bits per heavy atom. The fourth-order valence-corrected chi connectivity index (χ4v) is 4.00. The van der Waals surface area contributed by atoms with Crippen LogP contribution in [-0.2, 0) is 16.1 Å². The first-order valence-corrected chi connectivity index (χ1v) is 10.6. The van der Waals surface area contributed by atoms with E-state index in [1.54, 1.807) is 36.5 Å². The van der Waals surface area contributed by atoms with E-state index in [2.05, 4.69) is 4.98 Å². The third kappa shape index (κ3) is 4.45. The molecule has 0 saturated carbocycles. The highest BCUT2D eigenvalue weighted by Gasteiger charge is 2.46. The molecule has 0 spiro atoms. The smallest absolute Gasteiger partial charge is 0.296 e. The Morgan fingerprint density at radius 3 is 2.58 bits per heavy atom. The number of ketones is 1. The number of carbonyl (C=O) groups is 2. The molecule has 1 fully saturated rings. The molecule has 0 bridgehead atoms. The molecular formula is C25H20ClFN2O4. The Kier molecular flexibility index (Phi) is 6.42. The lowest BCUT2D eigenvalue weighted by molar-refractivity contribution is -0.140. The van der Waals surface area contributed by atoms with Gasteiger partial charge in [-0.15, -0.1) is 0 Å². The van der Waals surface area contributed by atoms with E-state index in [1.807, 2.05) is 6.92 Å². The van der Waals surface area contributed by atoms with Crippen LogP contribution >= 0.6 is 11.6 Å². The highest BCUT2D eigenvalue weighted by Crippen LogP contribution is 2.41. The van der Waals surface area contributed by atoms with Gasteiger partial charge in [0.05, 0.1) is 35.5 Å². The lowest BCUT2D eigenvalue weighted by Crippen LogP contribution is -2.29. The van der Waals surface area contributed by atoms with Gasteiger partial charge < -0.3 is 14.7 Å². The van der Waals surface area contributed by atoms with Crippen LogP contribution in [-0.4, -0.2) is 33.3 Å². The summed E-state index contributed by atoms with van der Waals surface area (Å²) in [7, 11) is 0. The van der Waals surface area contributed by atoms with Crippen LogP contribution in [0, 0.1) is 5.82 Å². The van der Waals surface area contributed by atoms with E-state index in [4.69, 9.17) is 16.3 Å². The highest BCUT2D eigenvalue weighted by molar-refractivity contribution is 6.47. The number of aliphatic hydroxyl groups excluding tert-OH is 1. The highest BCUT2D eigenvalue weighted by atomic mass is 35.5. The quantitative estimate of drug-likeness (QED) is 0.318. The topological polar surface area (TPSA) is 79.7 Å². The number of hydrogen-bond acceptors (Lipinski definition) is 5. The molecule has 168 valence electrons. The minimum absolute atomic E-state index is 0.0248. The lowest BCUT2D eigenvalue weighted by atomic mass is 9.95. The minimum atomic E-state index is -0.959. The van der Waals surface area contributed by atoms with Crippen LogP contribution < -0.4 is 4.74 Å². The van der Waals surface area contributed by atoms with Crippen molar-refractivity contribution < 1.29 is 23.8 Å². The minimum Gasteiger partial charge on any atom is -0.507 e. The molecule has 33 heavy (non-hydrogen) atoms. The summed E-state index contributed by atoms with van der Waals surface area (Å²) in [6.45, 7) is 2.23. The predicted octanol–water partition coefficient (Wildman–Crippen LogP) is 4.89. The van der Waals surface area contributed by atoms with Crippen molar-refractivity contribution >= 4 is 29.1 Å². The van der Waals surface area contributed by atoms with Crippen LogP contribution in [0.3, 0.4) is 0 Å². The molecule has 6 nitrogen and oxygen atoms in total. The number of pyridine rings is 1. The van der Waals surface area contributed by atoms with Crippen LogP contribution in [0.1, 0.15) is 29.8 Å². The Morgan fingerprint density at radius 2 is 1.91 bits per heavy atom. The maximum atomic E-state index is 13.6. The third-order valence-corrected chi connectivity index (χ3v) is 5.62. The van der Waals surface area contributed by atoms with Crippen molar-refractivity contribution in [2.75, 3.05) is 6.61 Å². The SMILES string of the molecule is CCOc1ccc(Cl)c(/C(O)=C2\C(=O)C(=O)N(Cc3ccccn3)C2c2ccc(F)cc2)c1. The molecule has 0 aliphatic carbocycles.